The monoisotopic (exact) mass is 798 g/mol. The molecule has 0 spiro atoms. The van der Waals surface area contributed by atoms with E-state index in [4.69, 9.17) is 0 Å². The zero-order valence-corrected chi connectivity index (χ0v) is 38.0. The Morgan fingerprint density at radius 2 is 1.20 bits per heavy atom. The second-order valence-electron chi connectivity index (χ2n) is 17.7. The summed E-state index contributed by atoms with van der Waals surface area (Å²) in [6.45, 7) is 30.0. The van der Waals surface area contributed by atoms with Gasteiger partial charge < -0.3 is 7.43 Å². The van der Waals surface area contributed by atoms with Gasteiger partial charge in [0.05, 0.1) is 0 Å². The molecule has 0 saturated heterocycles. The van der Waals surface area contributed by atoms with E-state index in [2.05, 4.69) is 155 Å². The van der Waals surface area contributed by atoms with Crippen LogP contribution in [0.4, 0.5) is 0 Å². The fourth-order valence-corrected chi connectivity index (χ4v) is 7.20. The fourth-order valence-electron chi connectivity index (χ4n) is 7.20. The van der Waals surface area contributed by atoms with Crippen LogP contribution in [0.3, 0.4) is 0 Å². The van der Waals surface area contributed by atoms with Crippen LogP contribution >= 0.6 is 24.8 Å². The zero-order chi connectivity index (χ0) is 35.9. The molecule has 0 aliphatic heterocycles. The molecule has 0 heterocycles. The third kappa shape index (κ3) is 10.3. The van der Waals surface area contributed by atoms with Gasteiger partial charge >= 0.3 is 28.4 Å². The third-order valence-electron chi connectivity index (χ3n) is 9.76. The van der Waals surface area contributed by atoms with Gasteiger partial charge in [-0.25, -0.2) is 11.6 Å². The van der Waals surface area contributed by atoms with E-state index in [1.165, 1.54) is 85.5 Å². The van der Waals surface area contributed by atoms with Gasteiger partial charge in [-0.05, 0) is 62.3 Å². The normalized spacial score (nSPS) is 16.4. The zero-order valence-electron chi connectivity index (χ0n) is 33.9. The molecule has 0 atom stereocenters. The molecule has 4 aliphatic carbocycles. The summed E-state index contributed by atoms with van der Waals surface area (Å²) >= 11 is 1.30. The molecule has 0 bridgehead atoms. The number of fused-ring (bicyclic) bond motifs is 5. The van der Waals surface area contributed by atoms with Crippen molar-refractivity contribution in [2.45, 2.75) is 114 Å². The SMILES string of the molecule is CC(C)(C)C1=CC[C-]=C1.CC(C)(C)C1=[C-]C(C)(C)c2cc3c(cc21)-c1cc2c(cc1C3)C(C)(C)C=C2C(C)(C)C.Cl.Cl.[CH2]=[Zr].[CH3-].[c-]1ccccc1. The van der Waals surface area contributed by atoms with Crippen LogP contribution in [-0.4, -0.2) is 4.21 Å². The van der Waals surface area contributed by atoms with Crippen LogP contribution in [0, 0.1) is 41.9 Å². The van der Waals surface area contributed by atoms with Crippen LogP contribution in [0.2, 0.25) is 0 Å². The van der Waals surface area contributed by atoms with E-state index in [0.29, 0.717) is 5.41 Å². The number of hydrogen-bond acceptors (Lipinski definition) is 0. The van der Waals surface area contributed by atoms with Crippen LogP contribution in [-0.2, 0) is 41.5 Å². The Balaban J connectivity index is 0.000000540. The van der Waals surface area contributed by atoms with Gasteiger partial charge in [-0.1, -0.05) is 119 Å². The molecule has 0 amide bonds. The summed E-state index contributed by atoms with van der Waals surface area (Å²) in [5.74, 6) is 0. The van der Waals surface area contributed by atoms with Crippen molar-refractivity contribution in [2.75, 3.05) is 0 Å². The molecule has 0 unspecified atom stereocenters. The minimum absolute atomic E-state index is 0. The first-order valence-electron chi connectivity index (χ1n) is 17.5. The van der Waals surface area contributed by atoms with Crippen molar-refractivity contribution < 1.29 is 24.2 Å². The second kappa shape index (κ2) is 17.4. The molecule has 7 rings (SSSR count). The van der Waals surface area contributed by atoms with E-state index in [1.807, 2.05) is 30.3 Å². The summed E-state index contributed by atoms with van der Waals surface area (Å²) in [6.07, 6.45) is 15.9. The average molecular weight is 801 g/mol. The van der Waals surface area contributed by atoms with E-state index in [-0.39, 0.29) is 53.9 Å². The topological polar surface area (TPSA) is 0 Å². The van der Waals surface area contributed by atoms with Gasteiger partial charge in [0.1, 0.15) is 0 Å². The summed E-state index contributed by atoms with van der Waals surface area (Å²) in [6, 6.07) is 22.5. The molecule has 0 N–H and O–H groups in total. The van der Waals surface area contributed by atoms with Gasteiger partial charge in [-0.3, -0.25) is 12.2 Å². The second-order valence-corrected chi connectivity index (χ2v) is 17.7. The van der Waals surface area contributed by atoms with E-state index < -0.39 is 0 Å². The largest absolute Gasteiger partial charge is 0.358 e. The Labute approximate surface area is 340 Å². The van der Waals surface area contributed by atoms with Gasteiger partial charge in [0.2, 0.25) is 0 Å². The molecule has 3 aromatic rings. The maximum Gasteiger partial charge on any atom is -0.171 e. The quantitative estimate of drug-likeness (QED) is 0.155. The standard InChI is InChI=1S/C31H37.C9H13.C6H5.CH3.CH2.2ClH.Zr/c1-28(2,3)26-16-30(7,8)24-12-18-11-19-13-25-23(15-21(19)20(18)14-22(24)26)27(29(4,5)6)17-31(25,9)10;1-9(2,3)8-6-4-5-7-8;1-2-4-6-5-3-1;;;;;/h12-16H,11H2,1-10H3;6-7H,4H2,1-3H3;1-5H;1H3;1H2;2*1H;/q4*-1;;;;. The molecule has 51 heavy (non-hydrogen) atoms. The van der Waals surface area contributed by atoms with E-state index in [1.54, 1.807) is 0 Å². The molecular formula is C48H62Cl2Zr-4. The Kier molecular flexibility index (Phi) is 16.0. The number of hydrogen-bond donors (Lipinski definition) is 0. The molecule has 3 heteroatoms. The first kappa shape index (κ1) is 47.0. The first-order chi connectivity index (χ1) is 22.2. The molecule has 0 fully saturated rings. The molecule has 0 aromatic heterocycles. The summed E-state index contributed by atoms with van der Waals surface area (Å²) in [5.41, 5.74) is 16.6. The number of halogens is 2. The summed E-state index contributed by atoms with van der Waals surface area (Å²) < 4.78 is 3.34. The van der Waals surface area contributed by atoms with E-state index >= 15 is 0 Å². The third-order valence-corrected chi connectivity index (χ3v) is 9.76. The van der Waals surface area contributed by atoms with Crippen molar-refractivity contribution >= 4 is 40.2 Å². The maximum absolute atomic E-state index is 3.85. The van der Waals surface area contributed by atoms with Crippen LogP contribution in [0.1, 0.15) is 130 Å². The Bertz CT molecular complexity index is 1650. The predicted molar refractivity (Wildman–Crippen MR) is 228 cm³/mol. The molecule has 3 aromatic carbocycles. The average Bonchev–Trinajstić information content (AvgIpc) is 3.77. The van der Waals surface area contributed by atoms with Crippen LogP contribution in [0.5, 0.6) is 0 Å². The van der Waals surface area contributed by atoms with Crippen molar-refractivity contribution in [2.24, 2.45) is 16.2 Å². The summed E-state index contributed by atoms with van der Waals surface area (Å²) in [4.78, 5) is 0. The first-order valence-corrected chi connectivity index (χ1v) is 19.2. The predicted octanol–water partition coefficient (Wildman–Crippen LogP) is 14.0. The van der Waals surface area contributed by atoms with E-state index in [9.17, 15) is 0 Å². The molecule has 276 valence electrons. The summed E-state index contributed by atoms with van der Waals surface area (Å²) in [7, 11) is 0. The van der Waals surface area contributed by atoms with Gasteiger partial charge in [0, 0.05) is 5.41 Å². The number of benzene rings is 3. The Morgan fingerprint density at radius 1 is 0.667 bits per heavy atom. The van der Waals surface area contributed by atoms with Crippen molar-refractivity contribution in [1.29, 1.82) is 0 Å². The fraction of sp³-hybridized carbons (Fsp3) is 0.417. The van der Waals surface area contributed by atoms with Crippen molar-refractivity contribution in [3.63, 3.8) is 0 Å². The molecular weight excluding hydrogens is 739 g/mol. The van der Waals surface area contributed by atoms with Crippen molar-refractivity contribution in [3.05, 3.63) is 137 Å². The Morgan fingerprint density at radius 3 is 1.59 bits per heavy atom. The van der Waals surface area contributed by atoms with Crippen LogP contribution in [0.25, 0.3) is 22.3 Å². The minimum atomic E-state index is -0.0202. The van der Waals surface area contributed by atoms with Gasteiger partial charge in [0.25, 0.3) is 0 Å². The Hall–Kier alpha value is -2.05. The molecule has 0 nitrogen and oxygen atoms in total. The van der Waals surface area contributed by atoms with Crippen LogP contribution in [0.15, 0.2) is 78.4 Å². The van der Waals surface area contributed by atoms with Gasteiger partial charge in [-0.2, -0.15) is 53.6 Å². The summed E-state index contributed by atoms with van der Waals surface area (Å²) in [5, 5.41) is 0. The number of rotatable bonds is 0. The van der Waals surface area contributed by atoms with Crippen molar-refractivity contribution in [1.82, 2.24) is 0 Å². The minimum Gasteiger partial charge on any atom is -0.358 e. The van der Waals surface area contributed by atoms with Gasteiger partial charge in [0.15, 0.2) is 0 Å². The van der Waals surface area contributed by atoms with Gasteiger partial charge in [-0.15, -0.1) is 42.9 Å². The molecule has 4 aliphatic rings. The van der Waals surface area contributed by atoms with E-state index in [0.717, 1.165) is 12.8 Å². The smallest absolute Gasteiger partial charge is 0.171 e. The maximum atomic E-state index is 3.85. The molecule has 0 radical (unpaired) electrons. The molecule has 0 saturated carbocycles. The van der Waals surface area contributed by atoms with Crippen molar-refractivity contribution in [3.8, 4) is 11.1 Å². The van der Waals surface area contributed by atoms with Crippen LogP contribution < -0.4 is 0 Å². The number of allylic oxidation sites excluding steroid dienone is 8.